The molecule has 0 aromatic heterocycles. The van der Waals surface area contributed by atoms with Crippen molar-refractivity contribution in [3.63, 3.8) is 0 Å². The van der Waals surface area contributed by atoms with E-state index in [1.807, 2.05) is 0 Å². The topological polar surface area (TPSA) is 72.9 Å². The van der Waals surface area contributed by atoms with Crippen LogP contribution in [0.5, 0.6) is 0 Å². The second-order valence-electron chi connectivity index (χ2n) is 5.52. The Hall–Kier alpha value is -1.30. The van der Waals surface area contributed by atoms with Crippen LogP contribution in [-0.4, -0.2) is 65.2 Å². The molecule has 1 rings (SSSR count). The average molecular weight is 257 g/mol. The van der Waals surface area contributed by atoms with Crippen molar-refractivity contribution in [1.82, 2.24) is 15.1 Å². The highest BCUT2D eigenvalue weighted by Crippen LogP contribution is 2.15. The first-order valence-corrected chi connectivity index (χ1v) is 6.30. The van der Waals surface area contributed by atoms with Gasteiger partial charge in [-0.3, -0.25) is 9.69 Å². The van der Waals surface area contributed by atoms with Gasteiger partial charge in [-0.05, 0) is 20.8 Å². The summed E-state index contributed by atoms with van der Waals surface area (Å²) in [6, 6.07) is -0.162. The summed E-state index contributed by atoms with van der Waals surface area (Å²) in [4.78, 5) is 26.2. The van der Waals surface area contributed by atoms with Gasteiger partial charge in [-0.15, -0.1) is 0 Å². The molecule has 18 heavy (non-hydrogen) atoms. The minimum atomic E-state index is -0.896. The summed E-state index contributed by atoms with van der Waals surface area (Å²) in [5.41, 5.74) is 0.131. The lowest BCUT2D eigenvalue weighted by atomic mass is 10.1. The van der Waals surface area contributed by atoms with Crippen LogP contribution in [0.1, 0.15) is 27.2 Å². The second kappa shape index (κ2) is 6.04. The van der Waals surface area contributed by atoms with E-state index in [1.165, 1.54) is 0 Å². The Bertz CT molecular complexity index is 304. The Balaban J connectivity index is 2.30. The first-order chi connectivity index (χ1) is 8.30. The number of carbonyl (C=O) groups is 2. The molecule has 0 radical (unpaired) electrons. The van der Waals surface area contributed by atoms with Crippen LogP contribution in [0.3, 0.4) is 0 Å². The molecule has 0 spiro atoms. The summed E-state index contributed by atoms with van der Waals surface area (Å²) in [5, 5.41) is 11.1. The summed E-state index contributed by atoms with van der Waals surface area (Å²) in [7, 11) is 0. The van der Waals surface area contributed by atoms with Gasteiger partial charge in [0.2, 0.25) is 0 Å². The largest absolute Gasteiger partial charge is 0.481 e. The van der Waals surface area contributed by atoms with E-state index in [0.29, 0.717) is 13.1 Å². The van der Waals surface area contributed by atoms with Gasteiger partial charge in [-0.2, -0.15) is 0 Å². The predicted molar refractivity (Wildman–Crippen MR) is 68.6 cm³/mol. The predicted octanol–water partition coefficient (Wildman–Crippen LogP) is 0.587. The molecule has 0 unspecified atom stereocenters. The maximum Gasteiger partial charge on any atom is 0.317 e. The van der Waals surface area contributed by atoms with Crippen molar-refractivity contribution in [3.05, 3.63) is 0 Å². The van der Waals surface area contributed by atoms with Crippen LogP contribution in [0.15, 0.2) is 0 Å². The van der Waals surface area contributed by atoms with Crippen LogP contribution in [-0.2, 0) is 4.79 Å². The Morgan fingerprint density at radius 2 is 1.72 bits per heavy atom. The van der Waals surface area contributed by atoms with E-state index < -0.39 is 5.97 Å². The lowest BCUT2D eigenvalue weighted by Crippen LogP contribution is -2.56. The minimum Gasteiger partial charge on any atom is -0.481 e. The summed E-state index contributed by atoms with van der Waals surface area (Å²) < 4.78 is 0. The van der Waals surface area contributed by atoms with Gasteiger partial charge < -0.3 is 15.3 Å². The Labute approximate surface area is 108 Å². The molecule has 0 aromatic carbocycles. The number of amides is 2. The van der Waals surface area contributed by atoms with Gasteiger partial charge in [0.1, 0.15) is 0 Å². The Morgan fingerprint density at radius 1 is 1.17 bits per heavy atom. The molecule has 6 heteroatoms. The zero-order valence-electron chi connectivity index (χ0n) is 11.4. The summed E-state index contributed by atoms with van der Waals surface area (Å²) in [6.45, 7) is 9.77. The van der Waals surface area contributed by atoms with Gasteiger partial charge in [0.25, 0.3) is 0 Å². The minimum absolute atomic E-state index is 0.0340. The number of urea groups is 1. The molecule has 0 saturated carbocycles. The van der Waals surface area contributed by atoms with E-state index in [9.17, 15) is 9.59 Å². The zero-order valence-corrected chi connectivity index (χ0v) is 11.4. The molecular weight excluding hydrogens is 234 g/mol. The Kier molecular flexibility index (Phi) is 4.95. The van der Waals surface area contributed by atoms with E-state index in [1.54, 1.807) is 4.90 Å². The standard InChI is InChI=1S/C12H23N3O3/c1-12(2,3)15-8-6-14(7-9-15)11(18)13-5-4-10(16)17/h4-9H2,1-3H3,(H,13,18)(H,16,17). The van der Waals surface area contributed by atoms with E-state index in [0.717, 1.165) is 13.1 Å². The van der Waals surface area contributed by atoms with E-state index in [2.05, 4.69) is 31.0 Å². The molecule has 6 nitrogen and oxygen atoms in total. The van der Waals surface area contributed by atoms with Gasteiger partial charge in [0.15, 0.2) is 0 Å². The van der Waals surface area contributed by atoms with E-state index >= 15 is 0 Å². The van der Waals surface area contributed by atoms with Crippen molar-refractivity contribution in [2.75, 3.05) is 32.7 Å². The van der Waals surface area contributed by atoms with Crippen LogP contribution >= 0.6 is 0 Å². The first kappa shape index (κ1) is 14.8. The van der Waals surface area contributed by atoms with Crippen LogP contribution < -0.4 is 5.32 Å². The number of piperazine rings is 1. The third-order valence-electron chi connectivity index (χ3n) is 3.13. The highest BCUT2D eigenvalue weighted by Gasteiger charge is 2.27. The summed E-state index contributed by atoms with van der Waals surface area (Å²) in [6.07, 6.45) is -0.0340. The smallest absolute Gasteiger partial charge is 0.317 e. The molecule has 1 heterocycles. The zero-order chi connectivity index (χ0) is 13.8. The molecule has 0 atom stereocenters. The molecule has 104 valence electrons. The fourth-order valence-corrected chi connectivity index (χ4v) is 1.97. The number of hydrogen-bond acceptors (Lipinski definition) is 3. The van der Waals surface area contributed by atoms with Crippen molar-refractivity contribution in [3.8, 4) is 0 Å². The maximum atomic E-state index is 11.7. The van der Waals surface area contributed by atoms with Gasteiger partial charge in [-0.25, -0.2) is 4.79 Å². The number of nitrogens with one attached hydrogen (secondary N) is 1. The normalized spacial score (nSPS) is 17.6. The molecule has 1 fully saturated rings. The molecule has 0 bridgehead atoms. The van der Waals surface area contributed by atoms with Gasteiger partial charge >= 0.3 is 12.0 Å². The van der Waals surface area contributed by atoms with Crippen LogP contribution in [0.2, 0.25) is 0 Å². The number of carboxylic acid groups (broad SMARTS) is 1. The van der Waals surface area contributed by atoms with Crippen molar-refractivity contribution >= 4 is 12.0 Å². The number of hydrogen-bond donors (Lipinski definition) is 2. The second-order valence-corrected chi connectivity index (χ2v) is 5.52. The summed E-state index contributed by atoms with van der Waals surface area (Å²) >= 11 is 0. The molecule has 1 aliphatic rings. The number of nitrogens with zero attached hydrogens (tertiary/aromatic N) is 2. The lowest BCUT2D eigenvalue weighted by Gasteiger charge is -2.42. The first-order valence-electron chi connectivity index (χ1n) is 6.30. The lowest BCUT2D eigenvalue weighted by molar-refractivity contribution is -0.136. The van der Waals surface area contributed by atoms with E-state index in [4.69, 9.17) is 5.11 Å². The molecule has 0 aromatic rings. The molecule has 0 aliphatic carbocycles. The fourth-order valence-electron chi connectivity index (χ4n) is 1.97. The van der Waals surface area contributed by atoms with Gasteiger partial charge in [-0.1, -0.05) is 0 Å². The van der Waals surface area contributed by atoms with Crippen molar-refractivity contribution in [2.24, 2.45) is 0 Å². The van der Waals surface area contributed by atoms with Gasteiger partial charge in [0.05, 0.1) is 6.42 Å². The fraction of sp³-hybridized carbons (Fsp3) is 0.833. The van der Waals surface area contributed by atoms with Crippen molar-refractivity contribution < 1.29 is 14.7 Å². The van der Waals surface area contributed by atoms with Crippen molar-refractivity contribution in [2.45, 2.75) is 32.7 Å². The molecular formula is C12H23N3O3. The highest BCUT2D eigenvalue weighted by atomic mass is 16.4. The summed E-state index contributed by atoms with van der Waals surface area (Å²) in [5.74, 6) is -0.896. The molecule has 1 aliphatic heterocycles. The molecule has 1 saturated heterocycles. The van der Waals surface area contributed by atoms with Crippen LogP contribution in [0, 0.1) is 0 Å². The Morgan fingerprint density at radius 3 is 2.17 bits per heavy atom. The number of aliphatic carboxylic acids is 1. The monoisotopic (exact) mass is 257 g/mol. The van der Waals surface area contributed by atoms with Crippen molar-refractivity contribution in [1.29, 1.82) is 0 Å². The third-order valence-corrected chi connectivity index (χ3v) is 3.13. The molecule has 2 amide bonds. The van der Waals surface area contributed by atoms with Crippen LogP contribution in [0.4, 0.5) is 4.79 Å². The quantitative estimate of drug-likeness (QED) is 0.776. The average Bonchev–Trinajstić information content (AvgIpc) is 2.27. The van der Waals surface area contributed by atoms with Gasteiger partial charge in [0, 0.05) is 38.3 Å². The highest BCUT2D eigenvalue weighted by molar-refractivity contribution is 5.75. The number of carboxylic acids is 1. The maximum absolute atomic E-state index is 11.7. The van der Waals surface area contributed by atoms with E-state index in [-0.39, 0.29) is 24.5 Å². The number of carbonyl (C=O) groups excluding carboxylic acids is 1. The number of rotatable bonds is 3. The van der Waals surface area contributed by atoms with Crippen LogP contribution in [0.25, 0.3) is 0 Å². The molecule has 2 N–H and O–H groups in total. The third kappa shape index (κ3) is 4.52. The SMILES string of the molecule is CC(C)(C)N1CCN(C(=O)NCCC(=O)O)CC1.